The SMILES string of the molecule is [2H]n1c(C23CC4CC(CC2C4)C3)nc2c1c(=O)n(CCC)c(=O)n2C([2H])([2H])C([2H])([2H])C([2H])([2H])[2H]. The molecule has 6 nitrogen and oxygen atoms in total. The number of aryl methyl sites for hydroxylation is 1. The first-order valence-electron chi connectivity index (χ1n) is 13.4. The van der Waals surface area contributed by atoms with Gasteiger partial charge in [-0.1, -0.05) is 13.8 Å². The highest BCUT2D eigenvalue weighted by atomic mass is 16.2. The number of H-pyrrole nitrogens is 1. The minimum atomic E-state index is -3.47. The lowest BCUT2D eigenvalue weighted by molar-refractivity contribution is 0.262. The smallest absolute Gasteiger partial charge is 0.332 e. The third kappa shape index (κ3) is 2.01. The van der Waals surface area contributed by atoms with E-state index in [2.05, 4.69) is 4.98 Å². The quantitative estimate of drug-likeness (QED) is 0.887. The third-order valence-electron chi connectivity index (χ3n) is 6.77. The van der Waals surface area contributed by atoms with E-state index >= 15 is 0 Å². The van der Waals surface area contributed by atoms with Gasteiger partial charge in [-0.25, -0.2) is 9.78 Å². The van der Waals surface area contributed by atoms with Crippen LogP contribution in [0.2, 0.25) is 1.41 Å². The van der Waals surface area contributed by atoms with Crippen LogP contribution in [0, 0.1) is 17.8 Å². The largest absolute Gasteiger partial charge is 0.336 e. The van der Waals surface area contributed by atoms with Crippen molar-refractivity contribution >= 4 is 11.2 Å². The van der Waals surface area contributed by atoms with Crippen molar-refractivity contribution in [2.24, 2.45) is 17.8 Å². The Balaban J connectivity index is 1.84. The minimum absolute atomic E-state index is 0.0844. The Hall–Kier alpha value is -1.85. The maximum absolute atomic E-state index is 13.4. The number of nitrogens with zero attached hydrogens (tertiary/aromatic N) is 3. The highest BCUT2D eigenvalue weighted by Crippen LogP contribution is 2.65. The molecule has 2 heterocycles. The van der Waals surface area contributed by atoms with Gasteiger partial charge in [0.25, 0.3) is 5.56 Å². The lowest BCUT2D eigenvalue weighted by atomic mass is 9.75. The summed E-state index contributed by atoms with van der Waals surface area (Å²) in [5.41, 5.74) is -3.20. The standard InChI is InChI=1S/C20H28N4O2/c1-3-5-23-16-15(17(25)24(6-4-2)19(23)26)21-18(22-16)20-10-12-7-13(11-20)9-14(20)8-12/h12-14H,3-11H2,1-2H3,(H,21,22)/i1D3,3D2,5D2/hD. The molecule has 4 aliphatic rings. The lowest BCUT2D eigenvalue weighted by Gasteiger charge is -2.30. The molecule has 140 valence electrons. The molecule has 0 amide bonds. The molecule has 6 rings (SSSR count). The third-order valence-corrected chi connectivity index (χ3v) is 6.77. The molecule has 6 heteroatoms. The van der Waals surface area contributed by atoms with E-state index in [1.807, 2.05) is 0 Å². The molecular formula is C20H28N4O2. The van der Waals surface area contributed by atoms with E-state index in [0.29, 0.717) is 34.6 Å². The average molecular weight is 365 g/mol. The van der Waals surface area contributed by atoms with E-state index in [0.717, 1.165) is 41.6 Å². The molecule has 0 aromatic carbocycles. The van der Waals surface area contributed by atoms with E-state index in [1.165, 1.54) is 0 Å². The highest BCUT2D eigenvalue weighted by molar-refractivity contribution is 5.70. The normalized spacial score (nSPS) is 38.3. The first kappa shape index (κ1) is 9.90. The molecule has 4 fully saturated rings. The fourth-order valence-corrected chi connectivity index (χ4v) is 6.02. The summed E-state index contributed by atoms with van der Waals surface area (Å²) in [5, 5.41) is 0. The van der Waals surface area contributed by atoms with Crippen LogP contribution in [0.1, 0.15) is 74.1 Å². The zero-order chi connectivity index (χ0) is 25.0. The molecule has 26 heavy (non-hydrogen) atoms. The van der Waals surface area contributed by atoms with Crippen LogP contribution in [0.25, 0.3) is 11.2 Å². The molecular weight excluding hydrogens is 328 g/mol. The molecule has 0 spiro atoms. The van der Waals surface area contributed by atoms with Crippen molar-refractivity contribution in [3.8, 4) is 0 Å². The van der Waals surface area contributed by atoms with Gasteiger partial charge in [-0.2, -0.15) is 0 Å². The molecule has 0 aliphatic heterocycles. The summed E-state index contributed by atoms with van der Waals surface area (Å²) >= 11 is 0. The fraction of sp³-hybridized carbons (Fsp3) is 0.750. The van der Waals surface area contributed by atoms with Gasteiger partial charge in [0, 0.05) is 28.1 Å². The Kier molecular flexibility index (Phi) is 2.12. The Labute approximate surface area is 163 Å². The zero-order valence-corrected chi connectivity index (χ0v) is 14.8. The molecule has 0 saturated heterocycles. The van der Waals surface area contributed by atoms with Gasteiger partial charge in [0.1, 0.15) is 11.3 Å². The minimum Gasteiger partial charge on any atom is -0.336 e. The molecule has 2 aromatic rings. The number of aromatic amines is 1. The highest BCUT2D eigenvalue weighted by Gasteiger charge is 2.59. The molecule has 1 N–H and O–H groups in total. The summed E-state index contributed by atoms with van der Waals surface area (Å²) in [4.78, 5) is 32.1. The number of nitrogens with one attached hydrogen (secondary N) is 1. The molecule has 2 aromatic heterocycles. The first-order valence-corrected chi connectivity index (χ1v) is 9.46. The van der Waals surface area contributed by atoms with Crippen LogP contribution in [-0.4, -0.2) is 19.1 Å². The van der Waals surface area contributed by atoms with Gasteiger partial charge in [0.05, 0.1) is 0 Å². The molecule has 2 unspecified atom stereocenters. The second-order valence-electron chi connectivity index (χ2n) is 8.23. The van der Waals surface area contributed by atoms with Crippen molar-refractivity contribution in [3.05, 3.63) is 26.7 Å². The van der Waals surface area contributed by atoms with E-state index in [4.69, 9.17) is 11.0 Å². The van der Waals surface area contributed by atoms with Gasteiger partial charge in [0.2, 0.25) is 0 Å². The number of aromatic nitrogens is 4. The summed E-state index contributed by atoms with van der Waals surface area (Å²) < 4.78 is 65.8. The molecule has 4 bridgehead atoms. The van der Waals surface area contributed by atoms with Crippen molar-refractivity contribution in [1.82, 2.24) is 19.1 Å². The van der Waals surface area contributed by atoms with E-state index < -0.39 is 42.0 Å². The van der Waals surface area contributed by atoms with Crippen LogP contribution >= 0.6 is 0 Å². The number of hydrogen-bond acceptors (Lipinski definition) is 3. The van der Waals surface area contributed by atoms with Crippen LogP contribution in [0.3, 0.4) is 0 Å². The van der Waals surface area contributed by atoms with Crippen LogP contribution in [0.4, 0.5) is 0 Å². The van der Waals surface area contributed by atoms with Gasteiger partial charge >= 0.3 is 5.69 Å². The monoisotopic (exact) mass is 364 g/mol. The van der Waals surface area contributed by atoms with Gasteiger partial charge < -0.3 is 4.98 Å². The summed E-state index contributed by atoms with van der Waals surface area (Å²) in [6.07, 6.45) is 1.65. The lowest BCUT2D eigenvalue weighted by Crippen LogP contribution is -2.40. The number of rotatable bonds is 5. The second kappa shape index (κ2) is 5.57. The van der Waals surface area contributed by atoms with Crippen LogP contribution < -0.4 is 11.2 Å². The Morgan fingerprint density at radius 1 is 1.31 bits per heavy atom. The maximum Gasteiger partial charge on any atom is 0.332 e. The molecule has 0 radical (unpaired) electrons. The zero-order valence-electron chi connectivity index (χ0n) is 22.8. The van der Waals surface area contributed by atoms with Crippen molar-refractivity contribution in [2.45, 2.75) is 77.1 Å². The number of hydrogen-bond donors (Lipinski definition) is 1. The van der Waals surface area contributed by atoms with Crippen LogP contribution in [-0.2, 0) is 18.5 Å². The summed E-state index contributed by atoms with van der Waals surface area (Å²) in [6, 6.07) is 0. The Bertz CT molecular complexity index is 1280. The molecule has 4 saturated carbocycles. The Morgan fingerprint density at radius 3 is 2.77 bits per heavy atom. The average Bonchev–Trinajstić information content (AvgIpc) is 3.27. The number of fused-ring (bicyclic) bond motifs is 1. The van der Waals surface area contributed by atoms with E-state index in [-0.39, 0.29) is 12.1 Å². The fourth-order valence-electron chi connectivity index (χ4n) is 6.02. The van der Waals surface area contributed by atoms with Gasteiger partial charge in [-0.05, 0) is 62.7 Å². The van der Waals surface area contributed by atoms with Gasteiger partial charge in [-0.3, -0.25) is 13.9 Å². The van der Waals surface area contributed by atoms with E-state index in [1.54, 1.807) is 6.92 Å². The first-order chi connectivity index (χ1) is 15.7. The predicted octanol–water partition coefficient (Wildman–Crippen LogP) is 2.78. The maximum atomic E-state index is 13.4. The summed E-state index contributed by atoms with van der Waals surface area (Å²) in [6.45, 7) is -5.14. The summed E-state index contributed by atoms with van der Waals surface area (Å²) in [5.74, 6) is 1.60. The Morgan fingerprint density at radius 2 is 2.08 bits per heavy atom. The van der Waals surface area contributed by atoms with Crippen molar-refractivity contribution in [2.75, 3.05) is 0 Å². The van der Waals surface area contributed by atoms with Crippen LogP contribution in [0.15, 0.2) is 9.59 Å². The van der Waals surface area contributed by atoms with Crippen molar-refractivity contribution in [3.63, 3.8) is 0 Å². The second-order valence-corrected chi connectivity index (χ2v) is 8.23. The summed E-state index contributed by atoms with van der Waals surface area (Å²) in [7, 11) is 0. The molecule has 2 atom stereocenters. The van der Waals surface area contributed by atoms with Gasteiger partial charge in [-0.15, -0.1) is 0 Å². The topological polar surface area (TPSA) is 72.7 Å². The van der Waals surface area contributed by atoms with Gasteiger partial charge in [0.15, 0.2) is 7.06 Å². The van der Waals surface area contributed by atoms with Crippen molar-refractivity contribution < 1.29 is 11.0 Å². The number of imidazole rings is 1. The van der Waals surface area contributed by atoms with Crippen LogP contribution in [0.5, 0.6) is 0 Å². The van der Waals surface area contributed by atoms with Crippen molar-refractivity contribution in [1.29, 1.82) is 0 Å². The molecule has 4 aliphatic carbocycles. The van der Waals surface area contributed by atoms with E-state index in [9.17, 15) is 9.59 Å². The predicted molar refractivity (Wildman–Crippen MR) is 100 cm³/mol.